The molecule has 0 saturated heterocycles. The van der Waals surface area contributed by atoms with E-state index in [4.69, 9.17) is 12.2 Å². The maximum absolute atomic E-state index is 12.3. The van der Waals surface area contributed by atoms with Crippen LogP contribution in [0.3, 0.4) is 0 Å². The molecule has 0 unspecified atom stereocenters. The molecule has 1 aromatic rings. The molecular weight excluding hydrogens is 270 g/mol. The fraction of sp³-hybridized carbons (Fsp3) is 0.462. The number of rotatable bonds is 5. The van der Waals surface area contributed by atoms with Gasteiger partial charge >= 0.3 is 6.61 Å². The van der Waals surface area contributed by atoms with Crippen molar-refractivity contribution in [3.63, 3.8) is 0 Å². The smallest absolute Gasteiger partial charge is 0.387 e. The zero-order valence-electron chi connectivity index (χ0n) is 11.2. The molecule has 19 heavy (non-hydrogen) atoms. The molecule has 1 rings (SSSR count). The Morgan fingerprint density at radius 2 is 2.05 bits per heavy atom. The Kier molecular flexibility index (Phi) is 5.95. The molecule has 0 amide bonds. The zero-order valence-corrected chi connectivity index (χ0v) is 12.0. The molecule has 0 radical (unpaired) electrons. The summed E-state index contributed by atoms with van der Waals surface area (Å²) in [5.41, 5.74) is 1.36. The van der Waals surface area contributed by atoms with Crippen molar-refractivity contribution in [3.05, 3.63) is 23.8 Å². The molecule has 0 spiro atoms. The van der Waals surface area contributed by atoms with E-state index in [1.807, 2.05) is 20.8 Å². The van der Waals surface area contributed by atoms with Crippen LogP contribution in [0.5, 0.6) is 5.75 Å². The highest BCUT2D eigenvalue weighted by Gasteiger charge is 2.11. The number of alkyl halides is 2. The number of ether oxygens (including phenoxy) is 1. The first-order valence-corrected chi connectivity index (χ1v) is 6.39. The molecular formula is C13H18F2N2OS. The first-order chi connectivity index (χ1) is 8.88. The van der Waals surface area contributed by atoms with Gasteiger partial charge in [-0.05, 0) is 42.8 Å². The van der Waals surface area contributed by atoms with Crippen molar-refractivity contribution in [2.45, 2.75) is 27.4 Å². The van der Waals surface area contributed by atoms with Crippen molar-refractivity contribution in [1.82, 2.24) is 5.32 Å². The van der Waals surface area contributed by atoms with Crippen LogP contribution in [0.4, 0.5) is 14.5 Å². The van der Waals surface area contributed by atoms with Crippen molar-refractivity contribution in [2.75, 3.05) is 11.9 Å². The SMILES string of the molecule is Cc1ccc(OC(F)F)c(NC(=S)NCC(C)C)c1. The fourth-order valence-electron chi connectivity index (χ4n) is 1.40. The van der Waals surface area contributed by atoms with Gasteiger partial charge in [0.1, 0.15) is 5.75 Å². The molecule has 0 fully saturated rings. The lowest BCUT2D eigenvalue weighted by molar-refractivity contribution is -0.0493. The van der Waals surface area contributed by atoms with Gasteiger partial charge in [-0.15, -0.1) is 0 Å². The summed E-state index contributed by atoms with van der Waals surface area (Å²) in [5, 5.41) is 6.27. The van der Waals surface area contributed by atoms with Gasteiger partial charge in [-0.3, -0.25) is 0 Å². The first-order valence-electron chi connectivity index (χ1n) is 5.98. The Labute approximate surface area is 117 Å². The maximum Gasteiger partial charge on any atom is 0.387 e. The molecule has 0 atom stereocenters. The van der Waals surface area contributed by atoms with E-state index in [1.54, 1.807) is 12.1 Å². The van der Waals surface area contributed by atoms with Gasteiger partial charge in [0.15, 0.2) is 5.11 Å². The van der Waals surface area contributed by atoms with E-state index in [1.165, 1.54) is 6.07 Å². The van der Waals surface area contributed by atoms with Gasteiger partial charge in [0, 0.05) is 6.54 Å². The molecule has 6 heteroatoms. The zero-order chi connectivity index (χ0) is 14.4. The van der Waals surface area contributed by atoms with E-state index in [2.05, 4.69) is 15.4 Å². The average molecular weight is 288 g/mol. The van der Waals surface area contributed by atoms with Crippen molar-refractivity contribution < 1.29 is 13.5 Å². The Morgan fingerprint density at radius 3 is 2.63 bits per heavy atom. The second-order valence-corrected chi connectivity index (χ2v) is 5.02. The van der Waals surface area contributed by atoms with Crippen LogP contribution in [-0.2, 0) is 0 Å². The van der Waals surface area contributed by atoms with Gasteiger partial charge in [0.2, 0.25) is 0 Å². The molecule has 0 saturated carbocycles. The van der Waals surface area contributed by atoms with Gasteiger partial charge in [-0.25, -0.2) is 0 Å². The minimum atomic E-state index is -2.86. The highest BCUT2D eigenvalue weighted by atomic mass is 32.1. The molecule has 3 nitrogen and oxygen atoms in total. The van der Waals surface area contributed by atoms with E-state index in [-0.39, 0.29) is 5.75 Å². The van der Waals surface area contributed by atoms with Crippen LogP contribution in [0.2, 0.25) is 0 Å². The van der Waals surface area contributed by atoms with Crippen LogP contribution >= 0.6 is 12.2 Å². The molecule has 1 aromatic carbocycles. The number of hydrogen-bond acceptors (Lipinski definition) is 2. The summed E-state index contributed by atoms with van der Waals surface area (Å²) in [5.74, 6) is 0.517. The molecule has 0 aliphatic rings. The van der Waals surface area contributed by atoms with Crippen LogP contribution in [-0.4, -0.2) is 18.3 Å². The number of thiocarbonyl (C=S) groups is 1. The third-order valence-corrected chi connectivity index (χ3v) is 2.52. The average Bonchev–Trinajstić information content (AvgIpc) is 2.29. The normalized spacial score (nSPS) is 10.7. The topological polar surface area (TPSA) is 33.3 Å². The largest absolute Gasteiger partial charge is 0.433 e. The maximum atomic E-state index is 12.3. The van der Waals surface area contributed by atoms with E-state index in [0.29, 0.717) is 23.3 Å². The fourth-order valence-corrected chi connectivity index (χ4v) is 1.60. The highest BCUT2D eigenvalue weighted by Crippen LogP contribution is 2.27. The summed E-state index contributed by atoms with van der Waals surface area (Å²) in [4.78, 5) is 0. The molecule has 0 bridgehead atoms. The molecule has 2 N–H and O–H groups in total. The van der Waals surface area contributed by atoms with Crippen molar-refractivity contribution in [3.8, 4) is 5.75 Å². The van der Waals surface area contributed by atoms with Crippen LogP contribution in [0.25, 0.3) is 0 Å². The summed E-state index contributed by atoms with van der Waals surface area (Å²) in [6.45, 7) is 3.81. The second-order valence-electron chi connectivity index (χ2n) is 4.61. The predicted molar refractivity (Wildman–Crippen MR) is 76.9 cm³/mol. The lowest BCUT2D eigenvalue weighted by Crippen LogP contribution is -2.31. The van der Waals surface area contributed by atoms with Crippen molar-refractivity contribution in [2.24, 2.45) is 5.92 Å². The highest BCUT2D eigenvalue weighted by molar-refractivity contribution is 7.80. The van der Waals surface area contributed by atoms with Crippen LogP contribution < -0.4 is 15.4 Å². The van der Waals surface area contributed by atoms with Gasteiger partial charge < -0.3 is 15.4 Å². The Bertz CT molecular complexity index is 439. The number of nitrogens with one attached hydrogen (secondary N) is 2. The summed E-state index contributed by atoms with van der Waals surface area (Å²) in [6.07, 6.45) is 0. The van der Waals surface area contributed by atoms with Gasteiger partial charge in [-0.2, -0.15) is 8.78 Å². The van der Waals surface area contributed by atoms with Crippen molar-refractivity contribution in [1.29, 1.82) is 0 Å². The third-order valence-electron chi connectivity index (χ3n) is 2.27. The summed E-state index contributed by atoms with van der Waals surface area (Å²) in [6, 6.07) is 4.91. The molecule has 0 aromatic heterocycles. The number of anilines is 1. The Balaban J connectivity index is 2.74. The monoisotopic (exact) mass is 288 g/mol. The van der Waals surface area contributed by atoms with Crippen molar-refractivity contribution >= 4 is 23.0 Å². The third kappa shape index (κ3) is 5.83. The summed E-state index contributed by atoms with van der Waals surface area (Å²) < 4.78 is 29.0. The minimum Gasteiger partial charge on any atom is -0.433 e. The van der Waals surface area contributed by atoms with Gasteiger partial charge in [0.05, 0.1) is 5.69 Å². The van der Waals surface area contributed by atoms with E-state index >= 15 is 0 Å². The predicted octanol–water partition coefficient (Wildman–Crippen LogP) is 3.54. The van der Waals surface area contributed by atoms with E-state index in [0.717, 1.165) is 5.56 Å². The van der Waals surface area contributed by atoms with E-state index in [9.17, 15) is 8.78 Å². The molecule has 0 aliphatic carbocycles. The Hall–Kier alpha value is -1.43. The lowest BCUT2D eigenvalue weighted by Gasteiger charge is -2.15. The lowest BCUT2D eigenvalue weighted by atomic mass is 10.2. The van der Waals surface area contributed by atoms with E-state index < -0.39 is 6.61 Å². The number of hydrogen-bond donors (Lipinski definition) is 2. The first kappa shape index (κ1) is 15.6. The second kappa shape index (κ2) is 7.23. The summed E-state index contributed by atoms with van der Waals surface area (Å²) >= 11 is 5.11. The summed E-state index contributed by atoms with van der Waals surface area (Å²) in [7, 11) is 0. The van der Waals surface area contributed by atoms with Crippen LogP contribution in [0.15, 0.2) is 18.2 Å². The van der Waals surface area contributed by atoms with Gasteiger partial charge in [-0.1, -0.05) is 19.9 Å². The quantitative estimate of drug-likeness (QED) is 0.812. The number of halogens is 2. The number of aryl methyl sites for hydroxylation is 1. The van der Waals surface area contributed by atoms with Crippen LogP contribution in [0.1, 0.15) is 19.4 Å². The Morgan fingerprint density at radius 1 is 1.37 bits per heavy atom. The standard InChI is InChI=1S/C13H18F2N2OS/c1-8(2)7-16-13(19)17-10-6-9(3)4-5-11(10)18-12(14)15/h4-6,8,12H,7H2,1-3H3,(H2,16,17,19). The molecule has 0 aliphatic heterocycles. The molecule has 106 valence electrons. The van der Waals surface area contributed by atoms with Gasteiger partial charge in [0.25, 0.3) is 0 Å². The van der Waals surface area contributed by atoms with Crippen LogP contribution in [0, 0.1) is 12.8 Å². The minimum absolute atomic E-state index is 0.0781. The molecule has 0 heterocycles. The number of benzene rings is 1.